The lowest BCUT2D eigenvalue weighted by Gasteiger charge is -2.19. The molecule has 0 unspecified atom stereocenters. The maximum absolute atomic E-state index is 11.7. The Kier molecular flexibility index (Phi) is 4.71. The molecule has 0 radical (unpaired) electrons. The van der Waals surface area contributed by atoms with E-state index in [0.29, 0.717) is 12.1 Å². The van der Waals surface area contributed by atoms with E-state index in [1.807, 2.05) is 30.3 Å². The molecule has 1 amide bonds. The molecule has 0 saturated carbocycles. The molecule has 0 atom stereocenters. The molecule has 2 aromatic rings. The normalized spacial score (nSPS) is 11.0. The van der Waals surface area contributed by atoms with E-state index >= 15 is 0 Å². The van der Waals surface area contributed by atoms with Crippen LogP contribution in [0, 0.1) is 0 Å². The number of ether oxygens (including phenoxy) is 1. The number of benzene rings is 2. The monoisotopic (exact) mass is 299 g/mol. The van der Waals surface area contributed by atoms with Crippen LogP contribution in [0.2, 0.25) is 0 Å². The van der Waals surface area contributed by atoms with Crippen molar-refractivity contribution >= 4 is 11.8 Å². The van der Waals surface area contributed by atoms with Gasteiger partial charge in [-0.05, 0) is 38.0 Å². The molecule has 2 rings (SSSR count). The third kappa shape index (κ3) is 4.81. The fraction of sp³-hybridized carbons (Fsp3) is 0.278. The van der Waals surface area contributed by atoms with Crippen molar-refractivity contribution in [2.75, 3.05) is 5.32 Å². The van der Waals surface area contributed by atoms with Gasteiger partial charge in [-0.25, -0.2) is 4.79 Å². The molecule has 4 heteroatoms. The Labute approximate surface area is 130 Å². The standard InChI is InChI=1S/C18H21NO3/c1-18(2,3)22-17(21)19-15-10-9-14(16(20)12-15)11-13-7-5-4-6-8-13/h4-10,12,20H,11H2,1-3H3,(H,19,21). The van der Waals surface area contributed by atoms with E-state index in [1.165, 1.54) is 6.07 Å². The molecule has 0 bridgehead atoms. The van der Waals surface area contributed by atoms with Crippen LogP contribution in [0.15, 0.2) is 48.5 Å². The van der Waals surface area contributed by atoms with Gasteiger partial charge >= 0.3 is 6.09 Å². The number of phenolic OH excluding ortho intramolecular Hbond substituents is 1. The minimum Gasteiger partial charge on any atom is -0.508 e. The Morgan fingerprint density at radius 1 is 1.14 bits per heavy atom. The number of hydrogen-bond donors (Lipinski definition) is 2. The van der Waals surface area contributed by atoms with Crippen LogP contribution in [-0.4, -0.2) is 16.8 Å². The van der Waals surface area contributed by atoms with Crippen molar-refractivity contribution in [3.63, 3.8) is 0 Å². The van der Waals surface area contributed by atoms with E-state index in [2.05, 4.69) is 5.32 Å². The van der Waals surface area contributed by atoms with Gasteiger partial charge in [0.15, 0.2) is 0 Å². The first-order chi connectivity index (χ1) is 10.3. The summed E-state index contributed by atoms with van der Waals surface area (Å²) in [5.41, 5.74) is 1.87. The second-order valence-corrected chi connectivity index (χ2v) is 6.13. The first kappa shape index (κ1) is 15.9. The van der Waals surface area contributed by atoms with Gasteiger partial charge in [-0.15, -0.1) is 0 Å². The lowest BCUT2D eigenvalue weighted by Crippen LogP contribution is -2.27. The number of rotatable bonds is 3. The minimum atomic E-state index is -0.556. The maximum atomic E-state index is 11.7. The zero-order valence-corrected chi connectivity index (χ0v) is 13.1. The molecule has 116 valence electrons. The molecule has 0 fully saturated rings. The number of hydrogen-bond acceptors (Lipinski definition) is 3. The predicted octanol–water partition coefficient (Wildman–Crippen LogP) is 4.33. The number of anilines is 1. The van der Waals surface area contributed by atoms with Crippen LogP contribution in [0.5, 0.6) is 5.75 Å². The average Bonchev–Trinajstić information content (AvgIpc) is 2.41. The van der Waals surface area contributed by atoms with Crippen molar-refractivity contribution in [2.45, 2.75) is 32.8 Å². The van der Waals surface area contributed by atoms with Gasteiger partial charge in [-0.1, -0.05) is 36.4 Å². The number of aromatic hydroxyl groups is 1. The largest absolute Gasteiger partial charge is 0.508 e. The highest BCUT2D eigenvalue weighted by molar-refractivity contribution is 5.85. The molecule has 22 heavy (non-hydrogen) atoms. The molecule has 2 N–H and O–H groups in total. The van der Waals surface area contributed by atoms with E-state index in [1.54, 1.807) is 32.9 Å². The van der Waals surface area contributed by atoms with Crippen LogP contribution < -0.4 is 5.32 Å². The van der Waals surface area contributed by atoms with Crippen LogP contribution in [0.4, 0.5) is 10.5 Å². The number of amides is 1. The SMILES string of the molecule is CC(C)(C)OC(=O)Nc1ccc(Cc2ccccc2)c(O)c1. The van der Waals surface area contributed by atoms with E-state index in [0.717, 1.165) is 11.1 Å². The molecule has 4 nitrogen and oxygen atoms in total. The summed E-state index contributed by atoms with van der Waals surface area (Å²) in [6, 6.07) is 15.0. The lowest BCUT2D eigenvalue weighted by atomic mass is 10.0. The first-order valence-corrected chi connectivity index (χ1v) is 7.19. The van der Waals surface area contributed by atoms with Gasteiger partial charge in [0.1, 0.15) is 11.4 Å². The van der Waals surface area contributed by atoms with Crippen molar-refractivity contribution in [1.29, 1.82) is 0 Å². The second kappa shape index (κ2) is 6.52. The summed E-state index contributed by atoms with van der Waals surface area (Å²) < 4.78 is 5.18. The summed E-state index contributed by atoms with van der Waals surface area (Å²) in [4.78, 5) is 11.7. The van der Waals surface area contributed by atoms with Crippen molar-refractivity contribution in [1.82, 2.24) is 0 Å². The molecule has 0 aliphatic rings. The third-order valence-corrected chi connectivity index (χ3v) is 2.97. The molecule has 0 saturated heterocycles. The summed E-state index contributed by atoms with van der Waals surface area (Å²) >= 11 is 0. The number of nitrogens with one attached hydrogen (secondary N) is 1. The molecular weight excluding hydrogens is 278 g/mol. The van der Waals surface area contributed by atoms with E-state index in [4.69, 9.17) is 4.74 Å². The van der Waals surface area contributed by atoms with Crippen LogP contribution in [-0.2, 0) is 11.2 Å². The van der Waals surface area contributed by atoms with Gasteiger partial charge in [0.25, 0.3) is 0 Å². The smallest absolute Gasteiger partial charge is 0.412 e. The van der Waals surface area contributed by atoms with Crippen molar-refractivity contribution in [3.05, 3.63) is 59.7 Å². The van der Waals surface area contributed by atoms with Crippen molar-refractivity contribution < 1.29 is 14.6 Å². The highest BCUT2D eigenvalue weighted by atomic mass is 16.6. The summed E-state index contributed by atoms with van der Waals surface area (Å²) in [5.74, 6) is 0.150. The Morgan fingerprint density at radius 3 is 2.41 bits per heavy atom. The van der Waals surface area contributed by atoms with Gasteiger partial charge in [0.05, 0.1) is 0 Å². The van der Waals surface area contributed by atoms with E-state index < -0.39 is 11.7 Å². The summed E-state index contributed by atoms with van der Waals surface area (Å²) in [7, 11) is 0. The van der Waals surface area contributed by atoms with Gasteiger partial charge < -0.3 is 9.84 Å². The molecule has 2 aromatic carbocycles. The maximum Gasteiger partial charge on any atom is 0.412 e. The molecule has 0 aliphatic carbocycles. The van der Waals surface area contributed by atoms with Crippen LogP contribution in [0.25, 0.3) is 0 Å². The quantitative estimate of drug-likeness (QED) is 0.887. The average molecular weight is 299 g/mol. The molecular formula is C18H21NO3. The number of carbonyl (C=O) groups excluding carboxylic acids is 1. The van der Waals surface area contributed by atoms with Gasteiger partial charge in [0, 0.05) is 18.2 Å². The van der Waals surface area contributed by atoms with E-state index in [-0.39, 0.29) is 5.75 Å². The van der Waals surface area contributed by atoms with Crippen molar-refractivity contribution in [2.24, 2.45) is 0 Å². The molecule has 0 spiro atoms. The topological polar surface area (TPSA) is 58.6 Å². The Morgan fingerprint density at radius 2 is 1.82 bits per heavy atom. The summed E-state index contributed by atoms with van der Waals surface area (Å²) in [5, 5.41) is 12.7. The zero-order valence-electron chi connectivity index (χ0n) is 13.1. The summed E-state index contributed by atoms with van der Waals surface area (Å²) in [6.45, 7) is 5.40. The first-order valence-electron chi connectivity index (χ1n) is 7.19. The molecule has 0 heterocycles. The van der Waals surface area contributed by atoms with Gasteiger partial charge in [-0.2, -0.15) is 0 Å². The zero-order chi connectivity index (χ0) is 16.2. The van der Waals surface area contributed by atoms with Crippen LogP contribution in [0.3, 0.4) is 0 Å². The molecule has 0 aliphatic heterocycles. The van der Waals surface area contributed by atoms with Crippen LogP contribution >= 0.6 is 0 Å². The number of phenols is 1. The van der Waals surface area contributed by atoms with Gasteiger partial charge in [0.2, 0.25) is 0 Å². The van der Waals surface area contributed by atoms with Crippen molar-refractivity contribution in [3.8, 4) is 5.75 Å². The highest BCUT2D eigenvalue weighted by Gasteiger charge is 2.16. The highest BCUT2D eigenvalue weighted by Crippen LogP contribution is 2.25. The fourth-order valence-corrected chi connectivity index (χ4v) is 2.03. The predicted molar refractivity (Wildman–Crippen MR) is 87.2 cm³/mol. The number of carbonyl (C=O) groups is 1. The minimum absolute atomic E-state index is 0.150. The Hall–Kier alpha value is -2.49. The summed E-state index contributed by atoms with van der Waals surface area (Å²) in [6.07, 6.45) is 0.0991. The fourth-order valence-electron chi connectivity index (χ4n) is 2.03. The Balaban J connectivity index is 2.05. The third-order valence-electron chi connectivity index (χ3n) is 2.97. The van der Waals surface area contributed by atoms with Crippen LogP contribution in [0.1, 0.15) is 31.9 Å². The lowest BCUT2D eigenvalue weighted by molar-refractivity contribution is 0.0636. The second-order valence-electron chi connectivity index (χ2n) is 6.13. The van der Waals surface area contributed by atoms with Gasteiger partial charge in [-0.3, -0.25) is 5.32 Å². The Bertz CT molecular complexity index is 645. The molecule has 0 aromatic heterocycles. The van der Waals surface area contributed by atoms with E-state index in [9.17, 15) is 9.90 Å².